The van der Waals surface area contributed by atoms with Crippen LogP contribution >= 0.6 is 0 Å². The number of hydrogen-bond acceptors (Lipinski definition) is 3. The predicted octanol–water partition coefficient (Wildman–Crippen LogP) is 5.55. The number of piperidine rings is 1. The molecule has 2 aliphatic rings. The quantitative estimate of drug-likeness (QED) is 0.490. The third-order valence-corrected chi connectivity index (χ3v) is 7.49. The molecule has 0 radical (unpaired) electrons. The summed E-state index contributed by atoms with van der Waals surface area (Å²) in [5.41, 5.74) is 1.38. The van der Waals surface area contributed by atoms with Gasteiger partial charge in [-0.1, -0.05) is 44.7 Å². The zero-order valence-electron chi connectivity index (χ0n) is 20.2. The monoisotopic (exact) mass is 428 g/mol. The van der Waals surface area contributed by atoms with Gasteiger partial charge in [-0.3, -0.25) is 4.79 Å². The summed E-state index contributed by atoms with van der Waals surface area (Å²) in [6.07, 6.45) is 11.9. The summed E-state index contributed by atoms with van der Waals surface area (Å²) in [6, 6.07) is 9.06. The van der Waals surface area contributed by atoms with Crippen molar-refractivity contribution in [1.82, 2.24) is 9.80 Å². The molecule has 1 aliphatic carbocycles. The lowest BCUT2D eigenvalue weighted by atomic mass is 9.87. The second kappa shape index (κ2) is 12.5. The van der Waals surface area contributed by atoms with Crippen molar-refractivity contribution >= 4 is 5.91 Å². The first-order valence-corrected chi connectivity index (χ1v) is 12.8. The maximum atomic E-state index is 12.9. The fourth-order valence-corrected chi connectivity index (χ4v) is 5.36. The number of methoxy groups -OCH3 is 1. The number of likely N-dealkylation sites (tertiary alicyclic amines) is 1. The first-order chi connectivity index (χ1) is 15.1. The SMILES string of the molecule is CCCCN(CC1CCN(C(=O)C2CCCCC2)CC1)C(C)Cc1ccc(OC)cc1. The number of amides is 1. The van der Waals surface area contributed by atoms with Crippen LogP contribution in [0.3, 0.4) is 0 Å². The highest BCUT2D eigenvalue weighted by Crippen LogP contribution is 2.28. The van der Waals surface area contributed by atoms with E-state index in [0.717, 1.165) is 50.9 Å². The van der Waals surface area contributed by atoms with Gasteiger partial charge in [-0.15, -0.1) is 0 Å². The van der Waals surface area contributed by atoms with Gasteiger partial charge >= 0.3 is 0 Å². The molecule has 1 aromatic carbocycles. The van der Waals surface area contributed by atoms with Crippen LogP contribution in [0.15, 0.2) is 24.3 Å². The lowest BCUT2D eigenvalue weighted by Gasteiger charge is -2.38. The van der Waals surface area contributed by atoms with Crippen LogP contribution in [-0.4, -0.2) is 55.0 Å². The van der Waals surface area contributed by atoms with E-state index >= 15 is 0 Å². The number of ether oxygens (including phenoxy) is 1. The fraction of sp³-hybridized carbons (Fsp3) is 0.741. The van der Waals surface area contributed by atoms with E-state index in [1.54, 1.807) is 7.11 Å². The smallest absolute Gasteiger partial charge is 0.225 e. The van der Waals surface area contributed by atoms with E-state index in [-0.39, 0.29) is 0 Å². The van der Waals surface area contributed by atoms with Crippen molar-refractivity contribution in [2.24, 2.45) is 11.8 Å². The van der Waals surface area contributed by atoms with Crippen LogP contribution in [0, 0.1) is 11.8 Å². The van der Waals surface area contributed by atoms with Crippen LogP contribution in [0.1, 0.15) is 77.2 Å². The molecule has 1 amide bonds. The molecule has 4 heteroatoms. The molecule has 2 fully saturated rings. The second-order valence-electron chi connectivity index (χ2n) is 9.85. The molecule has 1 atom stereocenters. The molecule has 4 nitrogen and oxygen atoms in total. The number of carbonyl (C=O) groups excluding carboxylic acids is 1. The average molecular weight is 429 g/mol. The highest BCUT2D eigenvalue weighted by molar-refractivity contribution is 5.79. The lowest BCUT2D eigenvalue weighted by Crippen LogP contribution is -2.46. The van der Waals surface area contributed by atoms with E-state index in [1.807, 2.05) is 0 Å². The molecule has 1 saturated carbocycles. The van der Waals surface area contributed by atoms with Gasteiger partial charge in [-0.2, -0.15) is 0 Å². The molecule has 3 rings (SSSR count). The number of benzene rings is 1. The average Bonchev–Trinajstić information content (AvgIpc) is 2.82. The van der Waals surface area contributed by atoms with E-state index in [9.17, 15) is 4.79 Å². The Hall–Kier alpha value is -1.55. The Morgan fingerprint density at radius 1 is 1.10 bits per heavy atom. The van der Waals surface area contributed by atoms with Crippen molar-refractivity contribution in [3.05, 3.63) is 29.8 Å². The highest BCUT2D eigenvalue weighted by atomic mass is 16.5. The number of rotatable bonds is 10. The summed E-state index contributed by atoms with van der Waals surface area (Å²) in [5, 5.41) is 0. The second-order valence-corrected chi connectivity index (χ2v) is 9.85. The van der Waals surface area contributed by atoms with Crippen LogP contribution < -0.4 is 4.74 Å². The summed E-state index contributed by atoms with van der Waals surface area (Å²) in [6.45, 7) is 8.93. The van der Waals surface area contributed by atoms with Gasteiger partial charge in [0.2, 0.25) is 5.91 Å². The Morgan fingerprint density at radius 3 is 2.39 bits per heavy atom. The van der Waals surface area contributed by atoms with Gasteiger partial charge in [0.05, 0.1) is 7.11 Å². The third-order valence-electron chi connectivity index (χ3n) is 7.49. The van der Waals surface area contributed by atoms with E-state index in [4.69, 9.17) is 4.74 Å². The van der Waals surface area contributed by atoms with E-state index in [2.05, 4.69) is 47.9 Å². The first-order valence-electron chi connectivity index (χ1n) is 12.8. The minimum atomic E-state index is 0.316. The molecule has 174 valence electrons. The Kier molecular flexibility index (Phi) is 9.70. The molecule has 0 bridgehead atoms. The molecule has 1 unspecified atom stereocenters. The standard InChI is InChI=1S/C27H44N2O2/c1-4-5-17-29(22(2)20-23-11-13-26(31-3)14-12-23)21-24-15-18-28(19-16-24)27(30)25-9-7-6-8-10-25/h11-14,22,24-25H,4-10,15-21H2,1-3H3. The van der Waals surface area contributed by atoms with Crippen LogP contribution in [0.2, 0.25) is 0 Å². The third kappa shape index (κ3) is 7.24. The molecule has 1 aromatic rings. The maximum Gasteiger partial charge on any atom is 0.225 e. The minimum absolute atomic E-state index is 0.316. The number of nitrogens with zero attached hydrogens (tertiary/aromatic N) is 2. The summed E-state index contributed by atoms with van der Waals surface area (Å²) in [5.74, 6) is 2.41. The topological polar surface area (TPSA) is 32.8 Å². The van der Waals surface area contributed by atoms with Crippen LogP contribution in [-0.2, 0) is 11.2 Å². The zero-order chi connectivity index (χ0) is 22.1. The Labute approximate surface area is 190 Å². The Bertz CT molecular complexity index is 646. The highest BCUT2D eigenvalue weighted by Gasteiger charge is 2.30. The molecule has 1 saturated heterocycles. The van der Waals surface area contributed by atoms with Crippen molar-refractivity contribution in [3.8, 4) is 5.75 Å². The van der Waals surface area contributed by atoms with Crippen LogP contribution in [0.25, 0.3) is 0 Å². The van der Waals surface area contributed by atoms with Crippen LogP contribution in [0.4, 0.5) is 0 Å². The summed E-state index contributed by atoms with van der Waals surface area (Å²) in [4.78, 5) is 17.8. The van der Waals surface area contributed by atoms with Gasteiger partial charge in [0, 0.05) is 31.6 Å². The fourth-order valence-electron chi connectivity index (χ4n) is 5.36. The van der Waals surface area contributed by atoms with Gasteiger partial charge < -0.3 is 14.5 Å². The molecular weight excluding hydrogens is 384 g/mol. The summed E-state index contributed by atoms with van der Waals surface area (Å²) >= 11 is 0. The predicted molar refractivity (Wildman–Crippen MR) is 129 cm³/mol. The number of unbranched alkanes of at least 4 members (excludes halogenated alkanes) is 1. The number of carbonyl (C=O) groups is 1. The largest absolute Gasteiger partial charge is 0.497 e. The van der Waals surface area contributed by atoms with Gasteiger partial charge in [-0.05, 0) is 75.6 Å². The van der Waals surface area contributed by atoms with Gasteiger partial charge in [-0.25, -0.2) is 0 Å². The normalized spacial score (nSPS) is 19.5. The van der Waals surface area contributed by atoms with Crippen LogP contribution in [0.5, 0.6) is 5.75 Å². The van der Waals surface area contributed by atoms with Gasteiger partial charge in [0.25, 0.3) is 0 Å². The summed E-state index contributed by atoms with van der Waals surface area (Å²) in [7, 11) is 1.72. The van der Waals surface area contributed by atoms with E-state index in [1.165, 1.54) is 50.8 Å². The van der Waals surface area contributed by atoms with Crippen molar-refractivity contribution in [2.45, 2.75) is 84.1 Å². The minimum Gasteiger partial charge on any atom is -0.497 e. The first kappa shape index (κ1) is 24.1. The zero-order valence-corrected chi connectivity index (χ0v) is 20.2. The van der Waals surface area contributed by atoms with Gasteiger partial charge in [0.1, 0.15) is 5.75 Å². The van der Waals surface area contributed by atoms with E-state index < -0.39 is 0 Å². The molecule has 1 aliphatic heterocycles. The lowest BCUT2D eigenvalue weighted by molar-refractivity contribution is -0.138. The molecular formula is C27H44N2O2. The van der Waals surface area contributed by atoms with E-state index in [0.29, 0.717) is 23.8 Å². The van der Waals surface area contributed by atoms with Crippen molar-refractivity contribution in [1.29, 1.82) is 0 Å². The Morgan fingerprint density at radius 2 is 1.77 bits per heavy atom. The molecule has 0 spiro atoms. The van der Waals surface area contributed by atoms with Crippen molar-refractivity contribution < 1.29 is 9.53 Å². The number of hydrogen-bond donors (Lipinski definition) is 0. The van der Waals surface area contributed by atoms with Gasteiger partial charge in [0.15, 0.2) is 0 Å². The van der Waals surface area contributed by atoms with Crippen molar-refractivity contribution in [2.75, 3.05) is 33.3 Å². The molecule has 0 aromatic heterocycles. The van der Waals surface area contributed by atoms with Crippen molar-refractivity contribution in [3.63, 3.8) is 0 Å². The maximum absolute atomic E-state index is 12.9. The molecule has 0 N–H and O–H groups in total. The molecule has 31 heavy (non-hydrogen) atoms. The Balaban J connectivity index is 1.50. The summed E-state index contributed by atoms with van der Waals surface area (Å²) < 4.78 is 5.30. The molecule has 1 heterocycles.